The number of fused-ring (bicyclic) bond motifs is 1. The second-order valence-electron chi connectivity index (χ2n) is 6.43. The molecule has 2 aromatic carbocycles. The smallest absolute Gasteiger partial charge is 0.335 e. The van der Waals surface area contributed by atoms with Crippen molar-refractivity contribution in [2.45, 2.75) is 12.3 Å². The highest BCUT2D eigenvalue weighted by atomic mass is 16.4. The lowest BCUT2D eigenvalue weighted by atomic mass is 9.93. The molecule has 3 aromatic rings. The summed E-state index contributed by atoms with van der Waals surface area (Å²) in [6, 6.07) is 14.2. The van der Waals surface area contributed by atoms with E-state index < -0.39 is 5.97 Å². The number of likely N-dealkylation sites (tertiary alicyclic amines) is 1. The second kappa shape index (κ2) is 6.55. The molecule has 1 fully saturated rings. The van der Waals surface area contributed by atoms with Crippen LogP contribution in [0.1, 0.15) is 28.3 Å². The zero-order chi connectivity index (χ0) is 18.1. The number of carbonyl (C=O) groups is 2. The standard InChI is InChI=1S/C20H18N2O4/c23-19(24)17-4-2-1-3-16(17)14-7-9-22(12-14)20(25)21-15-5-6-18-13(11-15)8-10-26-18/h1-6,8,10-11,14H,7,9,12H2,(H,21,25)(H,23,24). The monoisotopic (exact) mass is 350 g/mol. The predicted molar refractivity (Wildman–Crippen MR) is 97.6 cm³/mol. The van der Waals surface area contributed by atoms with E-state index in [0.717, 1.165) is 23.0 Å². The number of nitrogens with zero attached hydrogens (tertiary/aromatic N) is 1. The quantitative estimate of drug-likeness (QED) is 0.743. The topological polar surface area (TPSA) is 82.8 Å². The molecule has 4 rings (SSSR count). The number of nitrogens with one attached hydrogen (secondary N) is 1. The fraction of sp³-hybridized carbons (Fsp3) is 0.200. The molecule has 6 nitrogen and oxygen atoms in total. The molecule has 1 unspecified atom stereocenters. The highest BCUT2D eigenvalue weighted by Gasteiger charge is 2.29. The zero-order valence-electron chi connectivity index (χ0n) is 14.0. The number of benzene rings is 2. The Morgan fingerprint density at radius 2 is 2.00 bits per heavy atom. The number of carbonyl (C=O) groups excluding carboxylic acids is 1. The zero-order valence-corrected chi connectivity index (χ0v) is 14.0. The van der Waals surface area contributed by atoms with Gasteiger partial charge in [0.15, 0.2) is 0 Å². The van der Waals surface area contributed by atoms with Crippen molar-refractivity contribution in [2.24, 2.45) is 0 Å². The minimum absolute atomic E-state index is 0.0319. The van der Waals surface area contributed by atoms with Gasteiger partial charge < -0.3 is 19.7 Å². The molecule has 0 saturated carbocycles. The number of furan rings is 1. The van der Waals surface area contributed by atoms with Gasteiger partial charge in [-0.05, 0) is 42.3 Å². The van der Waals surface area contributed by atoms with Gasteiger partial charge in [0.1, 0.15) is 5.58 Å². The van der Waals surface area contributed by atoms with Crippen LogP contribution in [0.5, 0.6) is 0 Å². The number of anilines is 1. The molecule has 2 amide bonds. The molecule has 132 valence electrons. The van der Waals surface area contributed by atoms with E-state index >= 15 is 0 Å². The average Bonchev–Trinajstić information content (AvgIpc) is 3.30. The van der Waals surface area contributed by atoms with E-state index in [9.17, 15) is 14.7 Å². The van der Waals surface area contributed by atoms with Gasteiger partial charge >= 0.3 is 12.0 Å². The maximum absolute atomic E-state index is 12.6. The lowest BCUT2D eigenvalue weighted by molar-refractivity contribution is 0.0695. The first-order valence-corrected chi connectivity index (χ1v) is 8.47. The predicted octanol–water partition coefficient (Wildman–Crippen LogP) is 4.15. The van der Waals surface area contributed by atoms with Crippen LogP contribution >= 0.6 is 0 Å². The Morgan fingerprint density at radius 3 is 2.85 bits per heavy atom. The summed E-state index contributed by atoms with van der Waals surface area (Å²) < 4.78 is 5.30. The van der Waals surface area contributed by atoms with Crippen LogP contribution in [0, 0.1) is 0 Å². The number of hydrogen-bond donors (Lipinski definition) is 2. The van der Waals surface area contributed by atoms with Crippen LogP contribution in [0.25, 0.3) is 11.0 Å². The van der Waals surface area contributed by atoms with Crippen LogP contribution in [0.2, 0.25) is 0 Å². The number of urea groups is 1. The molecule has 1 aromatic heterocycles. The summed E-state index contributed by atoms with van der Waals surface area (Å²) in [6.45, 7) is 1.10. The Bertz CT molecular complexity index is 979. The number of carboxylic acid groups (broad SMARTS) is 1. The maximum atomic E-state index is 12.6. The molecular weight excluding hydrogens is 332 g/mol. The van der Waals surface area contributed by atoms with Crippen LogP contribution in [0.3, 0.4) is 0 Å². The number of rotatable bonds is 3. The largest absolute Gasteiger partial charge is 0.478 e. The van der Waals surface area contributed by atoms with Crippen molar-refractivity contribution in [3.05, 3.63) is 65.9 Å². The Kier molecular flexibility index (Phi) is 4.08. The van der Waals surface area contributed by atoms with Crippen molar-refractivity contribution in [1.82, 2.24) is 4.90 Å². The summed E-state index contributed by atoms with van der Waals surface area (Å²) in [7, 11) is 0. The van der Waals surface area contributed by atoms with Crippen molar-refractivity contribution in [2.75, 3.05) is 18.4 Å². The molecule has 26 heavy (non-hydrogen) atoms. The highest BCUT2D eigenvalue weighted by molar-refractivity contribution is 5.93. The number of aromatic carboxylic acids is 1. The van der Waals surface area contributed by atoms with Crippen LogP contribution < -0.4 is 5.32 Å². The van der Waals surface area contributed by atoms with Gasteiger partial charge in [0.05, 0.1) is 11.8 Å². The minimum Gasteiger partial charge on any atom is -0.478 e. The van der Waals surface area contributed by atoms with Crippen molar-refractivity contribution in [3.8, 4) is 0 Å². The van der Waals surface area contributed by atoms with Gasteiger partial charge in [-0.2, -0.15) is 0 Å². The summed E-state index contributed by atoms with van der Waals surface area (Å²) in [5.41, 5.74) is 2.58. The van der Waals surface area contributed by atoms with Gasteiger partial charge in [0.25, 0.3) is 0 Å². The van der Waals surface area contributed by atoms with E-state index in [-0.39, 0.29) is 11.9 Å². The highest BCUT2D eigenvalue weighted by Crippen LogP contribution is 2.30. The van der Waals surface area contributed by atoms with Gasteiger partial charge in [0, 0.05) is 30.1 Å². The molecule has 1 aliphatic rings. The van der Waals surface area contributed by atoms with E-state index in [0.29, 0.717) is 24.3 Å². The van der Waals surface area contributed by atoms with E-state index in [2.05, 4.69) is 5.32 Å². The molecule has 0 aliphatic carbocycles. The first kappa shape index (κ1) is 16.2. The molecule has 1 atom stereocenters. The molecule has 0 spiro atoms. The van der Waals surface area contributed by atoms with Crippen LogP contribution in [-0.2, 0) is 0 Å². The molecule has 0 bridgehead atoms. The second-order valence-corrected chi connectivity index (χ2v) is 6.43. The van der Waals surface area contributed by atoms with E-state index in [1.54, 1.807) is 29.4 Å². The molecule has 1 aliphatic heterocycles. The molecule has 0 radical (unpaired) electrons. The fourth-order valence-electron chi connectivity index (χ4n) is 3.49. The van der Waals surface area contributed by atoms with Crippen molar-refractivity contribution in [3.63, 3.8) is 0 Å². The van der Waals surface area contributed by atoms with Crippen molar-refractivity contribution < 1.29 is 19.1 Å². The Balaban J connectivity index is 1.46. The molecule has 1 saturated heterocycles. The number of carboxylic acids is 1. The number of amides is 2. The van der Waals surface area contributed by atoms with E-state index in [4.69, 9.17) is 4.42 Å². The van der Waals surface area contributed by atoms with E-state index in [1.165, 1.54) is 0 Å². The van der Waals surface area contributed by atoms with Gasteiger partial charge in [-0.25, -0.2) is 9.59 Å². The first-order chi connectivity index (χ1) is 12.6. The number of hydrogen-bond acceptors (Lipinski definition) is 3. The molecule has 2 heterocycles. The third-order valence-corrected chi connectivity index (χ3v) is 4.81. The van der Waals surface area contributed by atoms with Crippen molar-refractivity contribution >= 4 is 28.7 Å². The van der Waals surface area contributed by atoms with E-state index in [1.807, 2.05) is 30.3 Å². The van der Waals surface area contributed by atoms with Gasteiger partial charge in [0.2, 0.25) is 0 Å². The first-order valence-electron chi connectivity index (χ1n) is 8.47. The molecule has 6 heteroatoms. The lowest BCUT2D eigenvalue weighted by Gasteiger charge is -2.18. The maximum Gasteiger partial charge on any atom is 0.335 e. The summed E-state index contributed by atoms with van der Waals surface area (Å²) in [4.78, 5) is 25.7. The minimum atomic E-state index is -0.933. The SMILES string of the molecule is O=C(O)c1ccccc1C1CCN(C(=O)Nc2ccc3occc3c2)C1. The third kappa shape index (κ3) is 3.01. The Labute approximate surface area is 150 Å². The summed E-state index contributed by atoms with van der Waals surface area (Å²) >= 11 is 0. The van der Waals surface area contributed by atoms with Crippen LogP contribution in [0.4, 0.5) is 10.5 Å². The van der Waals surface area contributed by atoms with Crippen LogP contribution in [0.15, 0.2) is 59.2 Å². The molecule has 2 N–H and O–H groups in total. The summed E-state index contributed by atoms with van der Waals surface area (Å²) in [6.07, 6.45) is 2.36. The van der Waals surface area contributed by atoms with Crippen LogP contribution in [-0.4, -0.2) is 35.1 Å². The third-order valence-electron chi connectivity index (χ3n) is 4.81. The summed E-state index contributed by atoms with van der Waals surface area (Å²) in [5, 5.41) is 13.2. The van der Waals surface area contributed by atoms with Crippen molar-refractivity contribution in [1.29, 1.82) is 0 Å². The normalized spacial score (nSPS) is 16.8. The molecular formula is C20H18N2O4. The fourth-order valence-corrected chi connectivity index (χ4v) is 3.49. The lowest BCUT2D eigenvalue weighted by Crippen LogP contribution is -2.32. The van der Waals surface area contributed by atoms with Gasteiger partial charge in [-0.15, -0.1) is 0 Å². The van der Waals surface area contributed by atoms with Gasteiger partial charge in [-0.1, -0.05) is 18.2 Å². The summed E-state index contributed by atoms with van der Waals surface area (Å²) in [5.74, 6) is -0.902. The van der Waals surface area contributed by atoms with Gasteiger partial charge in [-0.3, -0.25) is 0 Å². The Morgan fingerprint density at radius 1 is 1.15 bits per heavy atom. The Hall–Kier alpha value is -3.28. The average molecular weight is 350 g/mol.